The zero-order valence-corrected chi connectivity index (χ0v) is 15.2. The summed E-state index contributed by atoms with van der Waals surface area (Å²) in [5.41, 5.74) is 2.91. The molecule has 0 radical (unpaired) electrons. The Kier molecular flexibility index (Phi) is 4.71. The number of aryl methyl sites for hydroxylation is 1. The molecule has 4 rings (SSSR count). The minimum atomic E-state index is -0.130. The second-order valence-electron chi connectivity index (χ2n) is 6.38. The zero-order chi connectivity index (χ0) is 17.9. The largest absolute Gasteiger partial charge is 0.348 e. The van der Waals surface area contributed by atoms with E-state index in [1.54, 1.807) is 28.7 Å². The van der Waals surface area contributed by atoms with Gasteiger partial charge in [-0.2, -0.15) is 5.10 Å². The van der Waals surface area contributed by atoms with Crippen molar-refractivity contribution in [3.8, 4) is 5.82 Å². The number of rotatable bonds is 6. The Bertz CT molecular complexity index is 918. The molecule has 0 saturated heterocycles. The number of hydrogen-bond donors (Lipinski definition) is 1. The second kappa shape index (κ2) is 7.29. The van der Waals surface area contributed by atoms with Crippen molar-refractivity contribution in [2.45, 2.75) is 36.6 Å². The molecule has 7 heteroatoms. The van der Waals surface area contributed by atoms with Gasteiger partial charge in [0.15, 0.2) is 11.5 Å². The first-order chi connectivity index (χ1) is 12.7. The summed E-state index contributed by atoms with van der Waals surface area (Å²) in [6.07, 6.45) is 5.39. The number of hydrogen-bond acceptors (Lipinski definition) is 5. The lowest BCUT2D eigenvalue weighted by atomic mass is 10.2. The molecule has 1 N–H and O–H groups in total. The van der Waals surface area contributed by atoms with Crippen LogP contribution in [0, 0.1) is 6.92 Å². The summed E-state index contributed by atoms with van der Waals surface area (Å²) >= 11 is 1.65. The highest BCUT2D eigenvalue weighted by atomic mass is 32.2. The predicted molar refractivity (Wildman–Crippen MR) is 100 cm³/mol. The summed E-state index contributed by atoms with van der Waals surface area (Å²) in [7, 11) is 0. The van der Waals surface area contributed by atoms with E-state index in [4.69, 9.17) is 0 Å². The highest BCUT2D eigenvalue weighted by molar-refractivity contribution is 7.98. The summed E-state index contributed by atoms with van der Waals surface area (Å²) in [6.45, 7) is 2.08. The third kappa shape index (κ3) is 4.11. The summed E-state index contributed by atoms with van der Waals surface area (Å²) in [5, 5.41) is 8.14. The number of nitrogens with zero attached hydrogens (tertiary/aromatic N) is 4. The predicted octanol–water partition coefficient (Wildman–Crippen LogP) is 3.16. The first kappa shape index (κ1) is 16.8. The van der Waals surface area contributed by atoms with E-state index in [1.165, 1.54) is 17.5 Å². The van der Waals surface area contributed by atoms with Crippen LogP contribution in [-0.4, -0.2) is 31.7 Å². The van der Waals surface area contributed by atoms with Crippen LogP contribution in [0.15, 0.2) is 53.9 Å². The van der Waals surface area contributed by atoms with E-state index in [0.29, 0.717) is 17.6 Å². The van der Waals surface area contributed by atoms with E-state index < -0.39 is 0 Å². The Morgan fingerprint density at radius 1 is 1.23 bits per heavy atom. The van der Waals surface area contributed by atoms with Gasteiger partial charge in [-0.05, 0) is 31.4 Å². The topological polar surface area (TPSA) is 72.7 Å². The number of thioether (sulfide) groups is 1. The number of benzene rings is 1. The van der Waals surface area contributed by atoms with Crippen LogP contribution >= 0.6 is 11.8 Å². The number of nitrogens with one attached hydrogen (secondary N) is 1. The van der Waals surface area contributed by atoms with Gasteiger partial charge in [0.25, 0.3) is 5.91 Å². The molecule has 26 heavy (non-hydrogen) atoms. The standard InChI is InChI=1S/C19H19N5OS/c1-13-2-4-14(5-3-13)11-26-18-10-17(20-12-21-18)24-9-8-16(23-24)19(25)22-15-6-7-15/h2-5,8-10,12,15H,6-7,11H2,1H3,(H,22,25). The average Bonchev–Trinajstić information content (AvgIpc) is 3.33. The molecule has 0 unspecified atom stereocenters. The van der Waals surface area contributed by atoms with Gasteiger partial charge in [0.05, 0.1) is 0 Å². The van der Waals surface area contributed by atoms with Gasteiger partial charge in [-0.25, -0.2) is 14.6 Å². The molecule has 0 atom stereocenters. The average molecular weight is 365 g/mol. The number of carbonyl (C=O) groups is 1. The Labute approximate surface area is 156 Å². The van der Waals surface area contributed by atoms with Crippen molar-refractivity contribution < 1.29 is 4.79 Å². The highest BCUT2D eigenvalue weighted by Gasteiger charge is 2.24. The van der Waals surface area contributed by atoms with Crippen LogP contribution in [-0.2, 0) is 5.75 Å². The molecule has 1 aliphatic rings. The number of amides is 1. The lowest BCUT2D eigenvalue weighted by Gasteiger charge is -2.04. The van der Waals surface area contributed by atoms with Crippen LogP contribution in [0.4, 0.5) is 0 Å². The zero-order valence-electron chi connectivity index (χ0n) is 14.4. The monoisotopic (exact) mass is 365 g/mol. The SMILES string of the molecule is Cc1ccc(CSc2cc(-n3ccc(C(=O)NC4CC4)n3)ncn2)cc1. The molecule has 1 aliphatic carbocycles. The van der Waals surface area contributed by atoms with Crippen LogP contribution in [0.1, 0.15) is 34.5 Å². The molecule has 0 spiro atoms. The maximum absolute atomic E-state index is 12.1. The van der Waals surface area contributed by atoms with Gasteiger partial charge in [-0.3, -0.25) is 4.79 Å². The molecule has 3 aromatic rings. The Hall–Kier alpha value is -2.67. The fourth-order valence-electron chi connectivity index (χ4n) is 2.44. The smallest absolute Gasteiger partial charge is 0.272 e. The van der Waals surface area contributed by atoms with E-state index >= 15 is 0 Å². The molecule has 0 aliphatic heterocycles. The van der Waals surface area contributed by atoms with Crippen LogP contribution in [0.25, 0.3) is 5.82 Å². The maximum Gasteiger partial charge on any atom is 0.272 e. The van der Waals surface area contributed by atoms with Crippen molar-refractivity contribution in [2.75, 3.05) is 0 Å². The van der Waals surface area contributed by atoms with Crippen molar-refractivity contribution in [3.05, 3.63) is 65.7 Å². The highest BCUT2D eigenvalue weighted by Crippen LogP contribution is 2.22. The number of aromatic nitrogens is 4. The van der Waals surface area contributed by atoms with Crippen molar-refractivity contribution in [2.24, 2.45) is 0 Å². The van der Waals surface area contributed by atoms with Crippen LogP contribution < -0.4 is 5.32 Å². The first-order valence-corrected chi connectivity index (χ1v) is 9.53. The summed E-state index contributed by atoms with van der Waals surface area (Å²) < 4.78 is 1.61. The molecule has 1 aromatic carbocycles. The quantitative estimate of drug-likeness (QED) is 0.537. The normalized spacial score (nSPS) is 13.6. The lowest BCUT2D eigenvalue weighted by Crippen LogP contribution is -2.25. The van der Waals surface area contributed by atoms with Gasteiger partial charge >= 0.3 is 0 Å². The molecule has 2 heterocycles. The first-order valence-electron chi connectivity index (χ1n) is 8.55. The molecular formula is C19H19N5OS. The lowest BCUT2D eigenvalue weighted by molar-refractivity contribution is 0.0945. The van der Waals surface area contributed by atoms with Crippen LogP contribution in [0.5, 0.6) is 0 Å². The van der Waals surface area contributed by atoms with Crippen molar-refractivity contribution in [1.82, 2.24) is 25.1 Å². The molecule has 1 amide bonds. The van der Waals surface area contributed by atoms with E-state index in [9.17, 15) is 4.79 Å². The molecule has 132 valence electrons. The molecule has 2 aromatic heterocycles. The van der Waals surface area contributed by atoms with Gasteiger partial charge in [0.2, 0.25) is 0 Å². The molecule has 1 fully saturated rings. The van der Waals surface area contributed by atoms with E-state index in [-0.39, 0.29) is 5.91 Å². The third-order valence-corrected chi connectivity index (χ3v) is 5.10. The van der Waals surface area contributed by atoms with E-state index in [1.807, 2.05) is 6.07 Å². The molecule has 1 saturated carbocycles. The Morgan fingerprint density at radius 3 is 2.81 bits per heavy atom. The van der Waals surface area contributed by atoms with Gasteiger partial charge in [-0.1, -0.05) is 29.8 Å². The van der Waals surface area contributed by atoms with Crippen molar-refractivity contribution in [3.63, 3.8) is 0 Å². The van der Waals surface area contributed by atoms with Crippen LogP contribution in [0.2, 0.25) is 0 Å². The fourth-order valence-corrected chi connectivity index (χ4v) is 3.25. The Balaban J connectivity index is 1.44. The second-order valence-corrected chi connectivity index (χ2v) is 7.38. The van der Waals surface area contributed by atoms with Crippen LogP contribution in [0.3, 0.4) is 0 Å². The number of carbonyl (C=O) groups excluding carboxylic acids is 1. The maximum atomic E-state index is 12.1. The summed E-state index contributed by atoms with van der Waals surface area (Å²) in [4.78, 5) is 20.7. The summed E-state index contributed by atoms with van der Waals surface area (Å²) in [6, 6.07) is 12.4. The van der Waals surface area contributed by atoms with Gasteiger partial charge in [0.1, 0.15) is 11.4 Å². The van der Waals surface area contributed by atoms with Gasteiger partial charge < -0.3 is 5.32 Å². The Morgan fingerprint density at radius 2 is 2.04 bits per heavy atom. The summed E-state index contributed by atoms with van der Waals surface area (Å²) in [5.74, 6) is 1.36. The molecular weight excluding hydrogens is 346 g/mol. The van der Waals surface area contributed by atoms with E-state index in [0.717, 1.165) is 23.6 Å². The third-order valence-electron chi connectivity index (χ3n) is 4.10. The fraction of sp³-hybridized carbons (Fsp3) is 0.263. The minimum Gasteiger partial charge on any atom is -0.348 e. The minimum absolute atomic E-state index is 0.130. The van der Waals surface area contributed by atoms with Crippen molar-refractivity contribution in [1.29, 1.82) is 0 Å². The van der Waals surface area contributed by atoms with Gasteiger partial charge in [-0.15, -0.1) is 11.8 Å². The molecule has 6 nitrogen and oxygen atoms in total. The van der Waals surface area contributed by atoms with E-state index in [2.05, 4.69) is 51.6 Å². The van der Waals surface area contributed by atoms with Crippen molar-refractivity contribution >= 4 is 17.7 Å². The molecule has 0 bridgehead atoms. The van der Waals surface area contributed by atoms with Gasteiger partial charge in [0, 0.05) is 24.1 Å².